The van der Waals surface area contributed by atoms with Crippen molar-refractivity contribution in [3.8, 4) is 0 Å². The van der Waals surface area contributed by atoms with Gasteiger partial charge < -0.3 is 15.0 Å². The Morgan fingerprint density at radius 1 is 1.27 bits per heavy atom. The standard InChI is InChI=1S/C16H22N4O6/c1-4-5-8-17-16(23)18-14(21)10-26-15(22)11-6-7-12(19(2)3)13(9-11)20(24)25/h6-7,9H,4-5,8,10H2,1-3H3,(H2,17,18,21,23). The number of anilines is 1. The summed E-state index contributed by atoms with van der Waals surface area (Å²) >= 11 is 0. The molecule has 2 N–H and O–H groups in total. The predicted octanol–water partition coefficient (Wildman–Crippen LogP) is 1.44. The third-order valence-corrected chi connectivity index (χ3v) is 3.29. The largest absolute Gasteiger partial charge is 0.452 e. The fraction of sp³-hybridized carbons (Fsp3) is 0.438. The number of carbonyl (C=O) groups excluding carboxylic acids is 3. The molecular formula is C16H22N4O6. The highest BCUT2D eigenvalue weighted by molar-refractivity contribution is 5.97. The molecule has 142 valence electrons. The lowest BCUT2D eigenvalue weighted by Crippen LogP contribution is -2.41. The highest BCUT2D eigenvalue weighted by atomic mass is 16.6. The Morgan fingerprint density at radius 3 is 2.54 bits per heavy atom. The first-order valence-corrected chi connectivity index (χ1v) is 7.96. The SMILES string of the molecule is CCCCNC(=O)NC(=O)COC(=O)c1ccc(N(C)C)c([N+](=O)[O-])c1. The topological polar surface area (TPSA) is 131 Å². The predicted molar refractivity (Wildman–Crippen MR) is 94.2 cm³/mol. The number of nitrogens with zero attached hydrogens (tertiary/aromatic N) is 2. The van der Waals surface area contributed by atoms with E-state index in [-0.39, 0.29) is 11.3 Å². The zero-order valence-electron chi connectivity index (χ0n) is 14.9. The zero-order valence-corrected chi connectivity index (χ0v) is 14.9. The molecule has 0 saturated carbocycles. The second kappa shape index (κ2) is 9.97. The van der Waals surface area contributed by atoms with Gasteiger partial charge in [0.05, 0.1) is 10.5 Å². The van der Waals surface area contributed by atoms with E-state index < -0.39 is 29.4 Å². The molecule has 0 aliphatic rings. The molecule has 0 aliphatic heterocycles. The van der Waals surface area contributed by atoms with E-state index in [0.29, 0.717) is 12.2 Å². The second-order valence-corrected chi connectivity index (χ2v) is 5.59. The van der Waals surface area contributed by atoms with E-state index in [1.165, 1.54) is 17.0 Å². The smallest absolute Gasteiger partial charge is 0.338 e. The van der Waals surface area contributed by atoms with Crippen molar-refractivity contribution in [1.29, 1.82) is 0 Å². The zero-order chi connectivity index (χ0) is 19.7. The Hall–Kier alpha value is -3.17. The van der Waals surface area contributed by atoms with Crippen LogP contribution in [0.3, 0.4) is 0 Å². The maximum Gasteiger partial charge on any atom is 0.338 e. The lowest BCUT2D eigenvalue weighted by atomic mass is 10.1. The lowest BCUT2D eigenvalue weighted by molar-refractivity contribution is -0.384. The van der Waals surface area contributed by atoms with Gasteiger partial charge in [-0.15, -0.1) is 0 Å². The third kappa shape index (κ3) is 6.38. The number of nitrogens with one attached hydrogen (secondary N) is 2. The minimum atomic E-state index is -0.903. The molecular weight excluding hydrogens is 344 g/mol. The van der Waals surface area contributed by atoms with Gasteiger partial charge in [0, 0.05) is 26.7 Å². The van der Waals surface area contributed by atoms with Crippen molar-refractivity contribution in [1.82, 2.24) is 10.6 Å². The van der Waals surface area contributed by atoms with E-state index in [4.69, 9.17) is 4.74 Å². The average Bonchev–Trinajstić information content (AvgIpc) is 2.59. The molecule has 10 nitrogen and oxygen atoms in total. The van der Waals surface area contributed by atoms with Crippen LogP contribution in [0.15, 0.2) is 18.2 Å². The Bertz CT molecular complexity index is 689. The summed E-state index contributed by atoms with van der Waals surface area (Å²) in [4.78, 5) is 47.0. The summed E-state index contributed by atoms with van der Waals surface area (Å²) in [6.45, 7) is 1.71. The van der Waals surface area contributed by atoms with E-state index in [9.17, 15) is 24.5 Å². The van der Waals surface area contributed by atoms with Crippen LogP contribution in [-0.4, -0.2) is 50.1 Å². The summed E-state index contributed by atoms with van der Waals surface area (Å²) in [6.07, 6.45) is 1.67. The van der Waals surface area contributed by atoms with E-state index >= 15 is 0 Å². The molecule has 1 aromatic carbocycles. The highest BCUT2D eigenvalue weighted by Gasteiger charge is 2.20. The molecule has 0 atom stereocenters. The van der Waals surface area contributed by atoms with E-state index in [1.54, 1.807) is 14.1 Å². The number of amides is 3. The summed E-state index contributed by atoms with van der Waals surface area (Å²) in [7, 11) is 3.27. The van der Waals surface area contributed by atoms with E-state index in [0.717, 1.165) is 18.9 Å². The average molecular weight is 366 g/mol. The third-order valence-electron chi connectivity index (χ3n) is 3.29. The first-order chi connectivity index (χ1) is 12.3. The number of nitro groups is 1. The number of nitro benzene ring substituents is 1. The van der Waals surface area contributed by atoms with Gasteiger partial charge in [0.25, 0.3) is 11.6 Å². The van der Waals surface area contributed by atoms with Crippen molar-refractivity contribution in [2.45, 2.75) is 19.8 Å². The number of urea groups is 1. The van der Waals surface area contributed by atoms with Crippen LogP contribution in [0.2, 0.25) is 0 Å². The fourth-order valence-corrected chi connectivity index (χ4v) is 1.97. The van der Waals surface area contributed by atoms with Crippen LogP contribution in [-0.2, 0) is 9.53 Å². The van der Waals surface area contributed by atoms with Crippen molar-refractivity contribution in [2.24, 2.45) is 0 Å². The monoisotopic (exact) mass is 366 g/mol. The van der Waals surface area contributed by atoms with E-state index in [1.807, 2.05) is 12.2 Å². The summed E-state index contributed by atoms with van der Waals surface area (Å²) in [6, 6.07) is 3.17. The van der Waals surface area contributed by atoms with Gasteiger partial charge in [-0.2, -0.15) is 0 Å². The molecule has 0 aliphatic carbocycles. The molecule has 0 fully saturated rings. The van der Waals surface area contributed by atoms with Gasteiger partial charge in [0.15, 0.2) is 6.61 Å². The maximum absolute atomic E-state index is 12.0. The molecule has 3 amide bonds. The molecule has 0 saturated heterocycles. The molecule has 10 heteroatoms. The Kier molecular flexibility index (Phi) is 8.00. The Morgan fingerprint density at radius 2 is 1.96 bits per heavy atom. The van der Waals surface area contributed by atoms with Crippen molar-refractivity contribution in [2.75, 3.05) is 32.1 Å². The van der Waals surface area contributed by atoms with Crippen molar-refractivity contribution < 1.29 is 24.0 Å². The molecule has 0 radical (unpaired) electrons. The second-order valence-electron chi connectivity index (χ2n) is 5.59. The fourth-order valence-electron chi connectivity index (χ4n) is 1.97. The van der Waals surface area contributed by atoms with Gasteiger partial charge >= 0.3 is 12.0 Å². The number of imide groups is 1. The van der Waals surface area contributed by atoms with Gasteiger partial charge in [-0.05, 0) is 18.6 Å². The number of ether oxygens (including phenoxy) is 1. The molecule has 1 aromatic rings. The maximum atomic E-state index is 12.0. The molecule has 0 heterocycles. The first-order valence-electron chi connectivity index (χ1n) is 7.96. The summed E-state index contributed by atoms with van der Waals surface area (Å²) < 4.78 is 4.78. The highest BCUT2D eigenvalue weighted by Crippen LogP contribution is 2.27. The number of hydrogen-bond donors (Lipinski definition) is 2. The molecule has 26 heavy (non-hydrogen) atoms. The quantitative estimate of drug-likeness (QED) is 0.308. The normalized spacial score (nSPS) is 9.96. The van der Waals surface area contributed by atoms with Gasteiger partial charge in [-0.1, -0.05) is 13.3 Å². The van der Waals surface area contributed by atoms with Crippen LogP contribution >= 0.6 is 0 Å². The molecule has 0 unspecified atom stereocenters. The van der Waals surface area contributed by atoms with Crippen molar-refractivity contribution in [3.63, 3.8) is 0 Å². The molecule has 0 spiro atoms. The van der Waals surface area contributed by atoms with Gasteiger partial charge in [0.1, 0.15) is 5.69 Å². The Labute approximate surface area is 150 Å². The number of esters is 1. The van der Waals surface area contributed by atoms with Crippen LogP contribution in [0.1, 0.15) is 30.1 Å². The number of benzene rings is 1. The first kappa shape index (κ1) is 20.9. The summed E-state index contributed by atoms with van der Waals surface area (Å²) in [5, 5.41) is 15.6. The molecule has 0 bridgehead atoms. The van der Waals surface area contributed by atoms with Gasteiger partial charge in [0.2, 0.25) is 0 Å². The summed E-state index contributed by atoms with van der Waals surface area (Å²) in [5.74, 6) is -1.70. The number of hydrogen-bond acceptors (Lipinski definition) is 7. The van der Waals surface area contributed by atoms with Crippen molar-refractivity contribution in [3.05, 3.63) is 33.9 Å². The van der Waals surface area contributed by atoms with Crippen LogP contribution in [0.5, 0.6) is 0 Å². The van der Waals surface area contributed by atoms with Crippen LogP contribution in [0.25, 0.3) is 0 Å². The number of carbonyl (C=O) groups is 3. The van der Waals surface area contributed by atoms with Crippen molar-refractivity contribution >= 4 is 29.3 Å². The van der Waals surface area contributed by atoms with Crippen LogP contribution < -0.4 is 15.5 Å². The minimum Gasteiger partial charge on any atom is -0.452 e. The number of rotatable bonds is 8. The number of unbranched alkanes of at least 4 members (excludes halogenated alkanes) is 1. The minimum absolute atomic E-state index is 0.0671. The molecule has 1 rings (SSSR count). The van der Waals surface area contributed by atoms with E-state index in [2.05, 4.69) is 5.32 Å². The van der Waals surface area contributed by atoms with Gasteiger partial charge in [-0.25, -0.2) is 9.59 Å². The van der Waals surface area contributed by atoms with Gasteiger partial charge in [-0.3, -0.25) is 20.2 Å². The summed E-state index contributed by atoms with van der Waals surface area (Å²) in [5.41, 5.74) is -0.000237. The molecule has 0 aromatic heterocycles. The van der Waals surface area contributed by atoms with Crippen LogP contribution in [0.4, 0.5) is 16.2 Å². The van der Waals surface area contributed by atoms with Crippen LogP contribution in [0, 0.1) is 10.1 Å². The lowest BCUT2D eigenvalue weighted by Gasteiger charge is -2.13. The Balaban J connectivity index is 2.63.